The van der Waals surface area contributed by atoms with E-state index < -0.39 is 5.91 Å². The molecule has 0 unspecified atom stereocenters. The fourth-order valence-corrected chi connectivity index (χ4v) is 3.83. The van der Waals surface area contributed by atoms with Gasteiger partial charge in [-0.05, 0) is 18.6 Å². The van der Waals surface area contributed by atoms with E-state index in [1.807, 2.05) is 6.92 Å². The van der Waals surface area contributed by atoms with Crippen LogP contribution < -0.4 is 16.8 Å². The number of aliphatic hydroxyl groups excluding tert-OH is 1. The molecule has 150 valence electrons. The Morgan fingerprint density at radius 1 is 1.32 bits per heavy atom. The lowest BCUT2D eigenvalue weighted by Gasteiger charge is -2.15. The van der Waals surface area contributed by atoms with Crippen molar-refractivity contribution in [3.63, 3.8) is 0 Å². The molecule has 3 rings (SSSR count). The molecule has 2 heterocycles. The lowest BCUT2D eigenvalue weighted by molar-refractivity contribution is 0.100. The van der Waals surface area contributed by atoms with Crippen molar-refractivity contribution in [1.29, 1.82) is 0 Å². The number of carbonyl (C=O) groups is 1. The fourth-order valence-electron chi connectivity index (χ4n) is 2.58. The highest BCUT2D eigenvalue weighted by atomic mass is 35.5. The van der Waals surface area contributed by atoms with Crippen LogP contribution in [-0.2, 0) is 0 Å². The second-order valence-electron chi connectivity index (χ2n) is 5.85. The number of anilines is 2. The molecule has 6 N–H and O–H groups in total. The van der Waals surface area contributed by atoms with E-state index >= 15 is 0 Å². The van der Waals surface area contributed by atoms with Crippen molar-refractivity contribution >= 4 is 62.3 Å². The molecule has 0 spiro atoms. The van der Waals surface area contributed by atoms with Crippen molar-refractivity contribution in [3.05, 3.63) is 33.1 Å². The number of halogens is 2. The number of thiophene rings is 1. The van der Waals surface area contributed by atoms with Gasteiger partial charge in [-0.1, -0.05) is 43.6 Å². The molecule has 0 fully saturated rings. The summed E-state index contributed by atoms with van der Waals surface area (Å²) in [7, 11) is 0. The molecule has 10 heteroatoms. The van der Waals surface area contributed by atoms with E-state index in [0.717, 1.165) is 11.3 Å². The van der Waals surface area contributed by atoms with Crippen LogP contribution in [0.4, 0.5) is 11.6 Å². The first-order valence-electron chi connectivity index (χ1n) is 8.08. The van der Waals surface area contributed by atoms with Gasteiger partial charge in [-0.25, -0.2) is 9.97 Å². The minimum Gasteiger partial charge on any atom is -0.397 e. The van der Waals surface area contributed by atoms with Crippen molar-refractivity contribution in [2.75, 3.05) is 17.7 Å². The van der Waals surface area contributed by atoms with Crippen molar-refractivity contribution in [2.24, 2.45) is 5.73 Å². The van der Waals surface area contributed by atoms with Crippen LogP contribution in [0, 0.1) is 0 Å². The number of hydrogen-bond donors (Lipinski definition) is 4. The first-order valence-corrected chi connectivity index (χ1v) is 9.65. The zero-order chi connectivity index (χ0) is 19.7. The van der Waals surface area contributed by atoms with Gasteiger partial charge < -0.3 is 21.9 Å². The summed E-state index contributed by atoms with van der Waals surface area (Å²) >= 11 is 13.3. The predicted octanol–water partition coefficient (Wildman–Crippen LogP) is 4.17. The lowest BCUT2D eigenvalue weighted by atomic mass is 10.1. The van der Waals surface area contributed by atoms with Crippen molar-refractivity contribution < 1.29 is 9.90 Å². The van der Waals surface area contributed by atoms with Gasteiger partial charge in [0.15, 0.2) is 0 Å². The van der Waals surface area contributed by atoms with Crippen LogP contribution in [0.5, 0.6) is 0 Å². The summed E-state index contributed by atoms with van der Waals surface area (Å²) in [6.45, 7) is 1.86. The molecule has 0 aliphatic heterocycles. The Labute approximate surface area is 176 Å². The summed E-state index contributed by atoms with van der Waals surface area (Å²) in [5, 5.41) is 13.8. The van der Waals surface area contributed by atoms with Gasteiger partial charge in [-0.2, -0.15) is 0 Å². The summed E-state index contributed by atoms with van der Waals surface area (Å²) in [5.41, 5.74) is 13.0. The first-order chi connectivity index (χ1) is 12.8. The minimum atomic E-state index is -0.633. The maximum Gasteiger partial charge on any atom is 0.260 e. The molecule has 1 amide bonds. The third kappa shape index (κ3) is 4.15. The van der Waals surface area contributed by atoms with E-state index in [2.05, 4.69) is 15.3 Å². The van der Waals surface area contributed by atoms with Crippen LogP contribution in [0.3, 0.4) is 0 Å². The summed E-state index contributed by atoms with van der Waals surface area (Å²) < 4.78 is 0. The highest BCUT2D eigenvalue weighted by Gasteiger charge is 2.22. The van der Waals surface area contributed by atoms with Crippen LogP contribution in [-0.4, -0.2) is 33.6 Å². The monoisotopic (exact) mass is 441 g/mol. The maximum absolute atomic E-state index is 11.7. The first kappa shape index (κ1) is 22.2. The molecule has 1 aromatic carbocycles. The standard InChI is InChI=1S/C17H17Cl2N5O2S.CH4/c1-2-8(6-25)22-17-23-13(7-3-4-9(18)10(19)5-7)11-12(20)14(15(21)26)27-16(11)24-17;/h3-5,8,25H,2,6,20H2,1H3,(H2,21,26)(H,22,23,24);1H4/t8-;/m1./s1. The Kier molecular flexibility index (Phi) is 7.06. The average Bonchev–Trinajstić information content (AvgIpc) is 2.98. The molecule has 2 aromatic heterocycles. The normalized spacial score (nSPS) is 11.9. The number of nitrogen functional groups attached to an aromatic ring is 1. The Hall–Kier alpha value is -2.13. The topological polar surface area (TPSA) is 127 Å². The van der Waals surface area contributed by atoms with E-state index in [4.69, 9.17) is 34.7 Å². The second-order valence-corrected chi connectivity index (χ2v) is 7.66. The van der Waals surface area contributed by atoms with Gasteiger partial charge >= 0.3 is 0 Å². The molecule has 0 saturated heterocycles. The van der Waals surface area contributed by atoms with Gasteiger partial charge in [0.25, 0.3) is 5.91 Å². The molecule has 1 atom stereocenters. The van der Waals surface area contributed by atoms with Crippen molar-refractivity contribution in [2.45, 2.75) is 26.8 Å². The number of carbonyl (C=O) groups excluding carboxylic acids is 1. The summed E-state index contributed by atoms with van der Waals surface area (Å²) in [4.78, 5) is 21.4. The van der Waals surface area contributed by atoms with Gasteiger partial charge in [0, 0.05) is 5.56 Å². The Balaban J connectivity index is 0.00000280. The second kappa shape index (κ2) is 8.91. The number of benzene rings is 1. The van der Waals surface area contributed by atoms with Crippen LogP contribution in [0.15, 0.2) is 18.2 Å². The van der Waals surface area contributed by atoms with Crippen LogP contribution >= 0.6 is 34.5 Å². The summed E-state index contributed by atoms with van der Waals surface area (Å²) in [6.07, 6.45) is 0.680. The number of nitrogens with zero attached hydrogens (tertiary/aromatic N) is 2. The average molecular weight is 442 g/mol. The van der Waals surface area contributed by atoms with Crippen LogP contribution in [0.2, 0.25) is 10.0 Å². The quantitative estimate of drug-likeness (QED) is 0.454. The highest BCUT2D eigenvalue weighted by Crippen LogP contribution is 2.40. The third-order valence-electron chi connectivity index (χ3n) is 4.05. The van der Waals surface area contributed by atoms with Gasteiger partial charge in [0.1, 0.15) is 9.71 Å². The summed E-state index contributed by atoms with van der Waals surface area (Å²) in [5.74, 6) is -0.325. The Morgan fingerprint density at radius 2 is 2.04 bits per heavy atom. The maximum atomic E-state index is 11.7. The molecular formula is C18H21Cl2N5O2S. The number of primary amides is 1. The SMILES string of the molecule is C.CC[C@H](CO)Nc1nc(-c2ccc(Cl)c(Cl)c2)c2c(N)c(C(N)=O)sc2n1. The van der Waals surface area contributed by atoms with E-state index in [1.165, 1.54) is 0 Å². The van der Waals surface area contributed by atoms with Crippen molar-refractivity contribution in [1.82, 2.24) is 9.97 Å². The molecule has 0 saturated carbocycles. The molecule has 3 aromatic rings. The predicted molar refractivity (Wildman–Crippen MR) is 117 cm³/mol. The Bertz CT molecular complexity index is 1020. The van der Waals surface area contributed by atoms with E-state index in [9.17, 15) is 9.90 Å². The molecule has 0 aliphatic carbocycles. The number of aromatic nitrogens is 2. The number of fused-ring (bicyclic) bond motifs is 1. The zero-order valence-electron chi connectivity index (χ0n) is 14.3. The Morgan fingerprint density at radius 3 is 2.61 bits per heavy atom. The number of hydrogen-bond acceptors (Lipinski definition) is 7. The minimum absolute atomic E-state index is 0. The number of nitrogens with one attached hydrogen (secondary N) is 1. The number of nitrogens with two attached hydrogens (primary N) is 2. The van der Waals surface area contributed by atoms with Gasteiger partial charge in [-0.15, -0.1) is 11.3 Å². The smallest absolute Gasteiger partial charge is 0.260 e. The molecule has 7 nitrogen and oxygen atoms in total. The summed E-state index contributed by atoms with van der Waals surface area (Å²) in [6, 6.07) is 4.86. The molecule has 0 radical (unpaired) electrons. The number of amides is 1. The van der Waals surface area contributed by atoms with E-state index in [1.54, 1.807) is 18.2 Å². The fraction of sp³-hybridized carbons (Fsp3) is 0.278. The van der Waals surface area contributed by atoms with E-state index in [-0.39, 0.29) is 30.6 Å². The molecule has 0 bridgehead atoms. The van der Waals surface area contributed by atoms with Gasteiger partial charge in [0.2, 0.25) is 5.95 Å². The third-order valence-corrected chi connectivity index (χ3v) is 5.90. The number of rotatable bonds is 6. The number of aliphatic hydroxyl groups is 1. The van der Waals surface area contributed by atoms with Crippen molar-refractivity contribution in [3.8, 4) is 11.3 Å². The molecular weight excluding hydrogens is 421 g/mol. The molecule has 28 heavy (non-hydrogen) atoms. The van der Waals surface area contributed by atoms with Crippen LogP contribution in [0.25, 0.3) is 21.5 Å². The van der Waals surface area contributed by atoms with Gasteiger partial charge in [0.05, 0.1) is 39.5 Å². The zero-order valence-corrected chi connectivity index (χ0v) is 16.6. The van der Waals surface area contributed by atoms with Gasteiger partial charge in [-0.3, -0.25) is 4.79 Å². The van der Waals surface area contributed by atoms with Crippen LogP contribution in [0.1, 0.15) is 30.4 Å². The lowest BCUT2D eigenvalue weighted by Crippen LogP contribution is -2.24. The largest absolute Gasteiger partial charge is 0.397 e. The molecule has 0 aliphatic rings. The highest BCUT2D eigenvalue weighted by molar-refractivity contribution is 7.21. The van der Waals surface area contributed by atoms with E-state index in [0.29, 0.717) is 43.9 Å².